The maximum Gasteiger partial charge on any atom is 0.222 e. The largest absolute Gasteiger partial charge is 0.341 e. The lowest BCUT2D eigenvalue weighted by Crippen LogP contribution is -2.50. The van der Waals surface area contributed by atoms with Gasteiger partial charge in [0.05, 0.1) is 0 Å². The van der Waals surface area contributed by atoms with E-state index in [1.54, 1.807) is 0 Å². The van der Waals surface area contributed by atoms with Gasteiger partial charge in [-0.2, -0.15) is 0 Å². The number of carbonyl (C=O) groups is 1. The van der Waals surface area contributed by atoms with Gasteiger partial charge in [0, 0.05) is 25.6 Å². The average Bonchev–Trinajstić information content (AvgIpc) is 2.19. The van der Waals surface area contributed by atoms with Crippen molar-refractivity contribution in [2.75, 3.05) is 13.1 Å². The minimum atomic E-state index is 0.177. The van der Waals surface area contributed by atoms with E-state index in [1.807, 2.05) is 11.8 Å². The highest BCUT2D eigenvalue weighted by molar-refractivity contribution is 5.75. The second kappa shape index (κ2) is 5.50. The summed E-state index contributed by atoms with van der Waals surface area (Å²) in [5, 5.41) is 0. The standard InChI is InChI=1S/C12H24N2O/c1-4-12(15)14-6-5-10(7-9(2)3)11(13)8-14/h9-11H,4-8,13H2,1-3H3. The van der Waals surface area contributed by atoms with E-state index >= 15 is 0 Å². The molecule has 1 heterocycles. The fourth-order valence-corrected chi connectivity index (χ4v) is 2.38. The molecule has 1 aliphatic rings. The van der Waals surface area contributed by atoms with Crippen molar-refractivity contribution in [1.82, 2.24) is 4.90 Å². The van der Waals surface area contributed by atoms with Gasteiger partial charge in [-0.05, 0) is 24.7 Å². The predicted octanol–water partition coefficient (Wildman–Crippen LogP) is 1.62. The number of amides is 1. The molecule has 0 aromatic rings. The smallest absolute Gasteiger partial charge is 0.222 e. The minimum absolute atomic E-state index is 0.177. The van der Waals surface area contributed by atoms with E-state index in [2.05, 4.69) is 13.8 Å². The summed E-state index contributed by atoms with van der Waals surface area (Å²) in [5.41, 5.74) is 6.12. The summed E-state index contributed by atoms with van der Waals surface area (Å²) < 4.78 is 0. The molecule has 1 fully saturated rings. The van der Waals surface area contributed by atoms with Crippen LogP contribution in [-0.4, -0.2) is 29.9 Å². The van der Waals surface area contributed by atoms with Crippen molar-refractivity contribution in [3.8, 4) is 0 Å². The van der Waals surface area contributed by atoms with E-state index < -0.39 is 0 Å². The number of carbonyl (C=O) groups excluding carboxylic acids is 1. The van der Waals surface area contributed by atoms with Crippen molar-refractivity contribution < 1.29 is 4.79 Å². The SMILES string of the molecule is CCC(=O)N1CCC(CC(C)C)C(N)C1. The second-order valence-corrected chi connectivity index (χ2v) is 5.04. The van der Waals surface area contributed by atoms with E-state index in [1.165, 1.54) is 6.42 Å². The normalized spacial score (nSPS) is 27.1. The first kappa shape index (κ1) is 12.5. The van der Waals surface area contributed by atoms with Crippen LogP contribution in [0.5, 0.6) is 0 Å². The third-order valence-electron chi connectivity index (χ3n) is 3.24. The van der Waals surface area contributed by atoms with Crippen molar-refractivity contribution in [2.45, 2.75) is 46.1 Å². The number of hydrogen-bond donors (Lipinski definition) is 1. The summed E-state index contributed by atoms with van der Waals surface area (Å²) in [6.07, 6.45) is 2.86. The van der Waals surface area contributed by atoms with Gasteiger partial charge >= 0.3 is 0 Å². The number of rotatable bonds is 3. The molecule has 3 nitrogen and oxygen atoms in total. The Kier molecular flexibility index (Phi) is 4.58. The van der Waals surface area contributed by atoms with Gasteiger partial charge in [-0.15, -0.1) is 0 Å². The molecule has 0 aliphatic carbocycles. The van der Waals surface area contributed by atoms with Crippen molar-refractivity contribution in [1.29, 1.82) is 0 Å². The summed E-state index contributed by atoms with van der Waals surface area (Å²) >= 11 is 0. The third-order valence-corrected chi connectivity index (χ3v) is 3.24. The molecule has 1 saturated heterocycles. The quantitative estimate of drug-likeness (QED) is 0.772. The van der Waals surface area contributed by atoms with E-state index in [0.717, 1.165) is 19.5 Å². The molecule has 0 aromatic heterocycles. The molecule has 0 saturated carbocycles. The van der Waals surface area contributed by atoms with Gasteiger partial charge in [-0.1, -0.05) is 20.8 Å². The average molecular weight is 212 g/mol. The zero-order valence-electron chi connectivity index (χ0n) is 10.2. The first-order chi connectivity index (χ1) is 7.04. The van der Waals surface area contributed by atoms with Gasteiger partial charge in [-0.25, -0.2) is 0 Å². The molecule has 2 N–H and O–H groups in total. The van der Waals surface area contributed by atoms with Crippen LogP contribution in [0.1, 0.15) is 40.0 Å². The zero-order valence-corrected chi connectivity index (χ0v) is 10.2. The summed E-state index contributed by atoms with van der Waals surface area (Å²) in [7, 11) is 0. The van der Waals surface area contributed by atoms with E-state index in [9.17, 15) is 4.79 Å². The second-order valence-electron chi connectivity index (χ2n) is 5.04. The molecular formula is C12H24N2O. The Labute approximate surface area is 93.0 Å². The molecule has 2 unspecified atom stereocenters. The highest BCUT2D eigenvalue weighted by atomic mass is 16.2. The fraction of sp³-hybridized carbons (Fsp3) is 0.917. The molecular weight excluding hydrogens is 188 g/mol. The van der Waals surface area contributed by atoms with Crippen molar-refractivity contribution in [2.24, 2.45) is 17.6 Å². The lowest BCUT2D eigenvalue weighted by atomic mass is 9.85. The molecule has 0 spiro atoms. The van der Waals surface area contributed by atoms with E-state index in [0.29, 0.717) is 18.3 Å². The number of piperidine rings is 1. The summed E-state index contributed by atoms with van der Waals surface area (Å²) in [6, 6.07) is 0.177. The van der Waals surface area contributed by atoms with Gasteiger partial charge in [0.1, 0.15) is 0 Å². The number of likely N-dealkylation sites (tertiary alicyclic amines) is 1. The maximum absolute atomic E-state index is 11.5. The van der Waals surface area contributed by atoms with E-state index in [-0.39, 0.29) is 11.9 Å². The fourth-order valence-electron chi connectivity index (χ4n) is 2.38. The lowest BCUT2D eigenvalue weighted by Gasteiger charge is -2.37. The summed E-state index contributed by atoms with van der Waals surface area (Å²) in [5.74, 6) is 1.55. The highest BCUT2D eigenvalue weighted by Gasteiger charge is 2.28. The molecule has 1 rings (SSSR count). The van der Waals surface area contributed by atoms with Gasteiger partial charge in [0.15, 0.2) is 0 Å². The van der Waals surface area contributed by atoms with Gasteiger partial charge in [0.2, 0.25) is 5.91 Å². The monoisotopic (exact) mass is 212 g/mol. The summed E-state index contributed by atoms with van der Waals surface area (Å²) in [4.78, 5) is 13.4. The van der Waals surface area contributed by atoms with Crippen LogP contribution in [0, 0.1) is 11.8 Å². The number of hydrogen-bond acceptors (Lipinski definition) is 2. The van der Waals surface area contributed by atoms with Gasteiger partial charge in [0.25, 0.3) is 0 Å². The Balaban J connectivity index is 2.44. The van der Waals surface area contributed by atoms with Crippen LogP contribution in [0.4, 0.5) is 0 Å². The van der Waals surface area contributed by atoms with Crippen molar-refractivity contribution in [3.05, 3.63) is 0 Å². The molecule has 1 amide bonds. The summed E-state index contributed by atoms with van der Waals surface area (Å²) in [6.45, 7) is 8.03. The Bertz CT molecular complexity index is 216. The van der Waals surface area contributed by atoms with Crippen molar-refractivity contribution >= 4 is 5.91 Å². The predicted molar refractivity (Wildman–Crippen MR) is 62.4 cm³/mol. The molecule has 1 aliphatic heterocycles. The van der Waals surface area contributed by atoms with Gasteiger partial charge in [-0.3, -0.25) is 4.79 Å². The Morgan fingerprint density at radius 1 is 1.53 bits per heavy atom. The number of nitrogens with zero attached hydrogens (tertiary/aromatic N) is 1. The first-order valence-electron chi connectivity index (χ1n) is 6.08. The highest BCUT2D eigenvalue weighted by Crippen LogP contribution is 2.23. The molecule has 2 atom stereocenters. The Morgan fingerprint density at radius 2 is 2.20 bits per heavy atom. The van der Waals surface area contributed by atoms with Crippen LogP contribution in [0.15, 0.2) is 0 Å². The number of nitrogens with two attached hydrogens (primary N) is 1. The Morgan fingerprint density at radius 3 is 2.67 bits per heavy atom. The topological polar surface area (TPSA) is 46.3 Å². The lowest BCUT2D eigenvalue weighted by molar-refractivity contribution is -0.132. The molecule has 15 heavy (non-hydrogen) atoms. The molecule has 0 radical (unpaired) electrons. The third kappa shape index (κ3) is 3.49. The minimum Gasteiger partial charge on any atom is -0.341 e. The zero-order chi connectivity index (χ0) is 11.4. The maximum atomic E-state index is 11.5. The van der Waals surface area contributed by atoms with Crippen LogP contribution in [0.3, 0.4) is 0 Å². The molecule has 0 aromatic carbocycles. The molecule has 3 heteroatoms. The Hall–Kier alpha value is -0.570. The van der Waals surface area contributed by atoms with Crippen LogP contribution in [0.25, 0.3) is 0 Å². The molecule has 0 bridgehead atoms. The van der Waals surface area contributed by atoms with Gasteiger partial charge < -0.3 is 10.6 Å². The van der Waals surface area contributed by atoms with Crippen LogP contribution >= 0.6 is 0 Å². The molecule has 88 valence electrons. The van der Waals surface area contributed by atoms with E-state index in [4.69, 9.17) is 5.73 Å². The first-order valence-corrected chi connectivity index (χ1v) is 6.08. The van der Waals surface area contributed by atoms with Crippen LogP contribution in [0.2, 0.25) is 0 Å². The van der Waals surface area contributed by atoms with Crippen LogP contribution < -0.4 is 5.73 Å². The van der Waals surface area contributed by atoms with Crippen LogP contribution in [-0.2, 0) is 4.79 Å². The van der Waals surface area contributed by atoms with Crippen molar-refractivity contribution in [3.63, 3.8) is 0 Å².